The number of hydrogen-bond acceptors (Lipinski definition) is 3. The third kappa shape index (κ3) is 0.956. The van der Waals surface area contributed by atoms with E-state index in [0.717, 1.165) is 17.1 Å². The van der Waals surface area contributed by atoms with Gasteiger partial charge in [0.15, 0.2) is 0 Å². The van der Waals surface area contributed by atoms with Gasteiger partial charge < -0.3 is 10.2 Å². The topological polar surface area (TPSA) is 27.6 Å². The minimum Gasteiger partial charge on any atom is -0.358 e. The van der Waals surface area contributed by atoms with E-state index in [-0.39, 0.29) is 0 Å². The smallest absolute Gasteiger partial charge is 0.0801 e. The quantitative estimate of drug-likeness (QED) is 0.668. The first-order chi connectivity index (χ1) is 6.95. The number of hydrogen-bond donors (Lipinski definition) is 1. The molecule has 3 rings (SSSR count). The lowest BCUT2D eigenvalue weighted by Gasteiger charge is -2.29. The zero-order valence-corrected chi connectivity index (χ0v) is 7.51. The molecule has 2 aliphatic rings. The highest BCUT2D eigenvalue weighted by Crippen LogP contribution is 2.32. The van der Waals surface area contributed by atoms with Crippen molar-refractivity contribution in [1.29, 1.82) is 0 Å². The van der Waals surface area contributed by atoms with E-state index >= 15 is 0 Å². The summed E-state index contributed by atoms with van der Waals surface area (Å²) in [6.45, 7) is 0. The molecule has 0 aromatic heterocycles. The molecule has 3 heteroatoms. The van der Waals surface area contributed by atoms with E-state index in [4.69, 9.17) is 0 Å². The van der Waals surface area contributed by atoms with E-state index in [1.165, 1.54) is 0 Å². The minimum absolute atomic E-state index is 1.06. The largest absolute Gasteiger partial charge is 0.358 e. The maximum atomic E-state index is 4.08. The fourth-order valence-electron chi connectivity index (χ4n) is 1.66. The number of para-hydroxylation sites is 2. The van der Waals surface area contributed by atoms with Crippen LogP contribution in [0.5, 0.6) is 0 Å². The van der Waals surface area contributed by atoms with E-state index in [1.54, 1.807) is 6.20 Å². The lowest BCUT2D eigenvalue weighted by molar-refractivity contribution is 1.17. The van der Waals surface area contributed by atoms with Crippen LogP contribution in [0.15, 0.2) is 53.6 Å². The third-order valence-corrected chi connectivity index (χ3v) is 2.33. The molecule has 0 aliphatic carbocycles. The van der Waals surface area contributed by atoms with Gasteiger partial charge in [0.2, 0.25) is 0 Å². The molecular weight excluding hydrogens is 174 g/mol. The number of nitrogens with zero attached hydrogens (tertiary/aromatic N) is 2. The normalized spacial score (nSPS) is 16.9. The van der Waals surface area contributed by atoms with Gasteiger partial charge in [0.1, 0.15) is 0 Å². The molecule has 2 heterocycles. The maximum Gasteiger partial charge on any atom is 0.0801 e. The molecular formula is C11H9N3. The van der Waals surface area contributed by atoms with Gasteiger partial charge in [0.25, 0.3) is 0 Å². The zero-order chi connectivity index (χ0) is 9.38. The average molecular weight is 183 g/mol. The summed E-state index contributed by atoms with van der Waals surface area (Å²) in [6.07, 6.45) is 7.54. The van der Waals surface area contributed by atoms with Crippen LogP contribution in [-0.2, 0) is 0 Å². The number of aliphatic imine (C=N–C) groups is 1. The molecule has 3 nitrogen and oxygen atoms in total. The van der Waals surface area contributed by atoms with Crippen LogP contribution < -0.4 is 10.2 Å². The molecule has 68 valence electrons. The van der Waals surface area contributed by atoms with Crippen molar-refractivity contribution in [3.8, 4) is 0 Å². The molecule has 0 radical (unpaired) electrons. The van der Waals surface area contributed by atoms with Crippen molar-refractivity contribution in [2.24, 2.45) is 4.99 Å². The van der Waals surface area contributed by atoms with Crippen LogP contribution in [0, 0.1) is 0 Å². The molecule has 1 aromatic carbocycles. The summed E-state index contributed by atoms with van der Waals surface area (Å²) in [5.74, 6) is 0. The predicted octanol–water partition coefficient (Wildman–Crippen LogP) is 2.32. The summed E-state index contributed by atoms with van der Waals surface area (Å²) < 4.78 is 0. The van der Waals surface area contributed by atoms with Crippen molar-refractivity contribution >= 4 is 17.6 Å². The first-order valence-electron chi connectivity index (χ1n) is 4.50. The molecule has 0 amide bonds. The van der Waals surface area contributed by atoms with Crippen LogP contribution in [0.1, 0.15) is 0 Å². The highest BCUT2D eigenvalue weighted by molar-refractivity contribution is 5.92. The highest BCUT2D eigenvalue weighted by Gasteiger charge is 2.17. The zero-order valence-electron chi connectivity index (χ0n) is 7.51. The lowest BCUT2D eigenvalue weighted by Crippen LogP contribution is -2.23. The molecule has 0 spiro atoms. The maximum absolute atomic E-state index is 4.08. The van der Waals surface area contributed by atoms with Crippen LogP contribution in [0.2, 0.25) is 0 Å². The average Bonchev–Trinajstić information content (AvgIpc) is 2.29. The lowest BCUT2D eigenvalue weighted by atomic mass is 10.2. The summed E-state index contributed by atoms with van der Waals surface area (Å²) in [6, 6.07) is 8.19. The molecule has 14 heavy (non-hydrogen) atoms. The Morgan fingerprint density at radius 1 is 1.21 bits per heavy atom. The molecule has 0 saturated carbocycles. The molecule has 2 aliphatic heterocycles. The fraction of sp³-hybridized carbons (Fsp3) is 0. The van der Waals surface area contributed by atoms with Gasteiger partial charge in [-0.1, -0.05) is 12.1 Å². The molecule has 0 unspecified atom stereocenters. The van der Waals surface area contributed by atoms with Gasteiger partial charge in [-0.05, 0) is 12.1 Å². The second kappa shape index (κ2) is 2.73. The Balaban J connectivity index is 2.15. The van der Waals surface area contributed by atoms with E-state index in [9.17, 15) is 0 Å². The summed E-state index contributed by atoms with van der Waals surface area (Å²) in [7, 11) is 0. The number of rotatable bonds is 0. The molecule has 0 atom stereocenters. The Morgan fingerprint density at radius 3 is 3.14 bits per heavy atom. The SMILES string of the molecule is C1=CN2C(=CNc3ccccc32)C=N1. The minimum atomic E-state index is 1.06. The second-order valence-electron chi connectivity index (χ2n) is 3.18. The van der Waals surface area contributed by atoms with Crippen molar-refractivity contribution in [3.63, 3.8) is 0 Å². The summed E-state index contributed by atoms with van der Waals surface area (Å²) in [5, 5.41) is 3.23. The monoisotopic (exact) mass is 183 g/mol. The Hall–Kier alpha value is -2.03. The Kier molecular flexibility index (Phi) is 1.44. The van der Waals surface area contributed by atoms with Crippen LogP contribution in [0.4, 0.5) is 11.4 Å². The van der Waals surface area contributed by atoms with Gasteiger partial charge in [0.05, 0.1) is 23.3 Å². The van der Waals surface area contributed by atoms with Crippen molar-refractivity contribution in [2.75, 3.05) is 10.2 Å². The molecule has 0 fully saturated rings. The second-order valence-corrected chi connectivity index (χ2v) is 3.18. The fourth-order valence-corrected chi connectivity index (χ4v) is 1.66. The van der Waals surface area contributed by atoms with Gasteiger partial charge in [0, 0.05) is 18.6 Å². The van der Waals surface area contributed by atoms with Gasteiger partial charge in [-0.25, -0.2) is 0 Å². The van der Waals surface area contributed by atoms with Crippen molar-refractivity contribution in [2.45, 2.75) is 0 Å². The first-order valence-corrected chi connectivity index (χ1v) is 4.50. The number of fused-ring (bicyclic) bond motifs is 3. The van der Waals surface area contributed by atoms with E-state index < -0.39 is 0 Å². The first kappa shape index (κ1) is 7.38. The van der Waals surface area contributed by atoms with Crippen LogP contribution in [0.3, 0.4) is 0 Å². The van der Waals surface area contributed by atoms with E-state index in [2.05, 4.69) is 27.3 Å². The van der Waals surface area contributed by atoms with Gasteiger partial charge in [-0.3, -0.25) is 4.99 Å². The predicted molar refractivity (Wildman–Crippen MR) is 58.3 cm³/mol. The van der Waals surface area contributed by atoms with Gasteiger partial charge in [-0.2, -0.15) is 0 Å². The Labute approximate surface area is 82.1 Å². The molecule has 0 saturated heterocycles. The summed E-state index contributed by atoms with van der Waals surface area (Å²) >= 11 is 0. The van der Waals surface area contributed by atoms with E-state index in [0.29, 0.717) is 0 Å². The van der Waals surface area contributed by atoms with Crippen LogP contribution >= 0.6 is 0 Å². The van der Waals surface area contributed by atoms with E-state index in [1.807, 2.05) is 30.7 Å². The summed E-state index contributed by atoms with van der Waals surface area (Å²) in [5.41, 5.74) is 3.34. The van der Waals surface area contributed by atoms with Crippen LogP contribution in [0.25, 0.3) is 0 Å². The van der Waals surface area contributed by atoms with Crippen molar-refractivity contribution in [3.05, 3.63) is 48.6 Å². The van der Waals surface area contributed by atoms with Gasteiger partial charge >= 0.3 is 0 Å². The number of nitrogens with one attached hydrogen (secondary N) is 1. The Morgan fingerprint density at radius 2 is 2.14 bits per heavy atom. The molecule has 0 bridgehead atoms. The van der Waals surface area contributed by atoms with Crippen molar-refractivity contribution in [1.82, 2.24) is 0 Å². The summed E-state index contributed by atoms with van der Waals surface area (Å²) in [4.78, 5) is 6.19. The number of benzene rings is 1. The van der Waals surface area contributed by atoms with Gasteiger partial charge in [-0.15, -0.1) is 0 Å². The van der Waals surface area contributed by atoms with Crippen molar-refractivity contribution < 1.29 is 0 Å². The van der Waals surface area contributed by atoms with Crippen LogP contribution in [-0.4, -0.2) is 6.21 Å². The number of anilines is 2. The Bertz CT molecular complexity index is 457. The highest BCUT2D eigenvalue weighted by atomic mass is 15.2. The molecule has 1 N–H and O–H groups in total. The third-order valence-electron chi connectivity index (χ3n) is 2.33. The number of allylic oxidation sites excluding steroid dienone is 1. The molecule has 1 aromatic rings. The standard InChI is InChI=1S/C11H9N3/c1-2-4-11-10(3-1)13-8-9-7-12-5-6-14(9)11/h1-8,13H.